The first-order chi connectivity index (χ1) is 16.2. The summed E-state index contributed by atoms with van der Waals surface area (Å²) in [7, 11) is 0. The predicted octanol–water partition coefficient (Wildman–Crippen LogP) is 7.20. The Morgan fingerprint density at radius 3 is 1.97 bits per heavy atom. The van der Waals surface area contributed by atoms with Gasteiger partial charge >= 0.3 is 0 Å². The maximum atomic E-state index is 12.2. The number of benzene rings is 1. The fourth-order valence-corrected chi connectivity index (χ4v) is 4.11. The van der Waals surface area contributed by atoms with Crippen molar-refractivity contribution in [2.75, 3.05) is 18.4 Å². The lowest BCUT2D eigenvalue weighted by atomic mass is 9.88. The second-order valence-electron chi connectivity index (χ2n) is 9.41. The van der Waals surface area contributed by atoms with Crippen LogP contribution in [-0.4, -0.2) is 35.6 Å². The molecule has 0 saturated heterocycles. The standard InChI is InChI=1S/C13H25NO.C10H12ClNO.C5H8O/c1-3-10-14(11-4-2)13(15)12-8-6-5-7-9-12;1-3-10(13)12-9-6-8(11)5-4-7(9)2;1-4(6)5-2-3-5/h12H,3-11H2,1-2H3;4-6H,3H2,1-2H3,(H,12,13);5H,2-3H2,1H3. The molecule has 6 heteroatoms. The summed E-state index contributed by atoms with van der Waals surface area (Å²) in [5.74, 6) is 1.61. The summed E-state index contributed by atoms with van der Waals surface area (Å²) < 4.78 is 0. The van der Waals surface area contributed by atoms with Gasteiger partial charge in [0.2, 0.25) is 11.8 Å². The van der Waals surface area contributed by atoms with Gasteiger partial charge in [-0.1, -0.05) is 57.7 Å². The van der Waals surface area contributed by atoms with Crippen LogP contribution in [-0.2, 0) is 14.4 Å². The first-order valence-electron chi connectivity index (χ1n) is 13.1. The van der Waals surface area contributed by atoms with Crippen LogP contribution in [0.2, 0.25) is 5.02 Å². The van der Waals surface area contributed by atoms with Gasteiger partial charge in [0, 0.05) is 42.1 Å². The molecule has 2 fully saturated rings. The Hall–Kier alpha value is -1.88. The number of amides is 2. The van der Waals surface area contributed by atoms with Gasteiger partial charge in [0.15, 0.2) is 0 Å². The SMILES string of the molecule is CC(=O)C1CC1.CCC(=O)Nc1cc(Cl)ccc1C.CCCN(CCC)C(=O)C1CCCCC1. The van der Waals surface area contributed by atoms with Crippen molar-refractivity contribution in [3.05, 3.63) is 28.8 Å². The van der Waals surface area contributed by atoms with Crippen molar-refractivity contribution in [2.45, 2.75) is 98.8 Å². The Morgan fingerprint density at radius 2 is 1.53 bits per heavy atom. The maximum absolute atomic E-state index is 12.2. The van der Waals surface area contributed by atoms with Crippen LogP contribution in [0.4, 0.5) is 5.69 Å². The summed E-state index contributed by atoms with van der Waals surface area (Å²) in [5.41, 5.74) is 1.81. The summed E-state index contributed by atoms with van der Waals surface area (Å²) in [6, 6.07) is 5.44. The number of hydrogen-bond donors (Lipinski definition) is 1. The zero-order valence-corrected chi connectivity index (χ0v) is 22.7. The van der Waals surface area contributed by atoms with Crippen LogP contribution in [0.3, 0.4) is 0 Å². The van der Waals surface area contributed by atoms with E-state index in [1.165, 1.54) is 19.3 Å². The molecule has 0 heterocycles. The Labute approximate surface area is 212 Å². The highest BCUT2D eigenvalue weighted by Crippen LogP contribution is 2.29. The molecule has 1 aromatic carbocycles. The van der Waals surface area contributed by atoms with Crippen molar-refractivity contribution in [1.29, 1.82) is 0 Å². The molecule has 2 amide bonds. The number of nitrogens with zero attached hydrogens (tertiary/aromatic N) is 1. The molecular weight excluding hydrogens is 448 g/mol. The van der Waals surface area contributed by atoms with Crippen molar-refractivity contribution in [3.8, 4) is 0 Å². The highest BCUT2D eigenvalue weighted by Gasteiger charge is 2.25. The van der Waals surface area contributed by atoms with E-state index in [0.29, 0.717) is 35.0 Å². The van der Waals surface area contributed by atoms with Gasteiger partial charge in [0.05, 0.1) is 0 Å². The van der Waals surface area contributed by atoms with Gasteiger partial charge < -0.3 is 10.2 Å². The smallest absolute Gasteiger partial charge is 0.225 e. The zero-order chi connectivity index (χ0) is 25.5. The second kappa shape index (κ2) is 16.7. The number of nitrogens with one attached hydrogen (secondary N) is 1. The molecule has 0 atom stereocenters. The lowest BCUT2D eigenvalue weighted by Crippen LogP contribution is -2.38. The molecular formula is C28H45ClN2O3. The summed E-state index contributed by atoms with van der Waals surface area (Å²) in [6.45, 7) is 11.6. The molecule has 0 radical (unpaired) electrons. The third-order valence-corrected chi connectivity index (χ3v) is 6.44. The molecule has 3 rings (SSSR count). The third kappa shape index (κ3) is 12.0. The fourth-order valence-electron chi connectivity index (χ4n) is 3.94. The van der Waals surface area contributed by atoms with Crippen molar-refractivity contribution in [1.82, 2.24) is 4.90 Å². The van der Waals surface area contributed by atoms with E-state index < -0.39 is 0 Å². The number of carbonyl (C=O) groups excluding carboxylic acids is 3. The van der Waals surface area contributed by atoms with E-state index in [-0.39, 0.29) is 5.91 Å². The molecule has 5 nitrogen and oxygen atoms in total. The molecule has 2 aliphatic rings. The number of anilines is 1. The molecule has 34 heavy (non-hydrogen) atoms. The third-order valence-electron chi connectivity index (χ3n) is 6.20. The van der Waals surface area contributed by atoms with Crippen LogP contribution >= 0.6 is 11.6 Å². The molecule has 1 aromatic rings. The molecule has 1 N–H and O–H groups in total. The van der Waals surface area contributed by atoms with Crippen molar-refractivity contribution >= 4 is 34.9 Å². The van der Waals surface area contributed by atoms with Gasteiger partial charge in [-0.05, 0) is 70.1 Å². The van der Waals surface area contributed by atoms with Crippen LogP contribution in [0, 0.1) is 18.8 Å². The highest BCUT2D eigenvalue weighted by atomic mass is 35.5. The first-order valence-corrected chi connectivity index (χ1v) is 13.5. The average Bonchev–Trinajstić information content (AvgIpc) is 3.68. The highest BCUT2D eigenvalue weighted by molar-refractivity contribution is 6.31. The molecule has 0 bridgehead atoms. The van der Waals surface area contributed by atoms with Crippen LogP contribution in [0.25, 0.3) is 0 Å². The van der Waals surface area contributed by atoms with E-state index in [0.717, 1.165) is 62.9 Å². The van der Waals surface area contributed by atoms with Gasteiger partial charge in [-0.15, -0.1) is 0 Å². The number of rotatable bonds is 8. The topological polar surface area (TPSA) is 66.5 Å². The minimum absolute atomic E-state index is 0.00497. The Morgan fingerprint density at radius 1 is 0.941 bits per heavy atom. The van der Waals surface area contributed by atoms with E-state index >= 15 is 0 Å². The van der Waals surface area contributed by atoms with Gasteiger partial charge in [0.1, 0.15) is 5.78 Å². The first kappa shape index (κ1) is 30.2. The Balaban J connectivity index is 0.000000276. The summed E-state index contributed by atoms with van der Waals surface area (Å²) in [6.07, 6.45) is 11.0. The normalized spacial score (nSPS) is 15.2. The van der Waals surface area contributed by atoms with Crippen LogP contribution in [0.15, 0.2) is 18.2 Å². The van der Waals surface area contributed by atoms with Crippen LogP contribution < -0.4 is 5.32 Å². The fraction of sp³-hybridized carbons (Fsp3) is 0.679. The lowest BCUT2D eigenvalue weighted by Gasteiger charge is -2.28. The van der Waals surface area contributed by atoms with E-state index in [9.17, 15) is 14.4 Å². The molecule has 0 spiro atoms. The van der Waals surface area contributed by atoms with Gasteiger partial charge in [-0.25, -0.2) is 0 Å². The van der Waals surface area contributed by atoms with E-state index in [1.54, 1.807) is 19.1 Å². The average molecular weight is 493 g/mol. The number of halogens is 1. The summed E-state index contributed by atoms with van der Waals surface area (Å²) in [5, 5.41) is 3.41. The molecule has 0 aromatic heterocycles. The van der Waals surface area contributed by atoms with Gasteiger partial charge in [-0.3, -0.25) is 14.4 Å². The number of hydrogen-bond acceptors (Lipinski definition) is 3. The quantitative estimate of drug-likeness (QED) is 0.417. The van der Waals surface area contributed by atoms with Gasteiger partial charge in [0.25, 0.3) is 0 Å². The van der Waals surface area contributed by atoms with Crippen molar-refractivity contribution in [2.24, 2.45) is 11.8 Å². The summed E-state index contributed by atoms with van der Waals surface area (Å²) in [4.78, 5) is 35.6. The molecule has 0 unspecified atom stereocenters. The van der Waals surface area contributed by atoms with E-state index in [2.05, 4.69) is 24.1 Å². The van der Waals surface area contributed by atoms with E-state index in [1.807, 2.05) is 19.9 Å². The molecule has 0 aliphatic heterocycles. The van der Waals surface area contributed by atoms with E-state index in [4.69, 9.17) is 11.6 Å². The van der Waals surface area contributed by atoms with Crippen LogP contribution in [0.1, 0.15) is 97.5 Å². The van der Waals surface area contributed by atoms with Crippen molar-refractivity contribution < 1.29 is 14.4 Å². The zero-order valence-electron chi connectivity index (χ0n) is 21.9. The summed E-state index contributed by atoms with van der Waals surface area (Å²) >= 11 is 5.79. The molecule has 2 saturated carbocycles. The molecule has 192 valence electrons. The van der Waals surface area contributed by atoms with Gasteiger partial charge in [-0.2, -0.15) is 0 Å². The van der Waals surface area contributed by atoms with Crippen LogP contribution in [0.5, 0.6) is 0 Å². The number of carbonyl (C=O) groups is 3. The lowest BCUT2D eigenvalue weighted by molar-refractivity contribution is -0.136. The predicted molar refractivity (Wildman–Crippen MR) is 142 cm³/mol. The largest absolute Gasteiger partial charge is 0.342 e. The monoisotopic (exact) mass is 492 g/mol. The number of ketones is 1. The number of Topliss-reactive ketones (excluding diaryl/α,β-unsaturated/α-hetero) is 1. The Bertz CT molecular complexity index is 765. The minimum Gasteiger partial charge on any atom is -0.342 e. The second-order valence-corrected chi connectivity index (χ2v) is 9.84. The molecule has 2 aliphatic carbocycles. The number of aryl methyl sites for hydroxylation is 1. The van der Waals surface area contributed by atoms with Crippen molar-refractivity contribution in [3.63, 3.8) is 0 Å². The maximum Gasteiger partial charge on any atom is 0.225 e. The minimum atomic E-state index is 0.00497. The Kier molecular flexibility index (Phi) is 14.8.